The van der Waals surface area contributed by atoms with Gasteiger partial charge in [-0.25, -0.2) is 0 Å². The highest BCUT2D eigenvalue weighted by atomic mass is 15.2. The van der Waals surface area contributed by atoms with Gasteiger partial charge in [0.1, 0.15) is 0 Å². The topological polar surface area (TPSA) is 6.48 Å². The van der Waals surface area contributed by atoms with Crippen molar-refractivity contribution in [2.24, 2.45) is 0 Å². The second-order valence-corrected chi connectivity index (χ2v) is 27.1. The molecule has 0 saturated carbocycles. The maximum atomic E-state index is 2.72. The fourth-order valence-electron chi connectivity index (χ4n) is 11.2. The quantitative estimate of drug-likeness (QED) is 0.163. The van der Waals surface area contributed by atoms with E-state index in [1.807, 2.05) is 0 Å². The summed E-state index contributed by atoms with van der Waals surface area (Å²) in [6.45, 7) is 45.2. The fraction of sp³-hybridized carbons (Fsp3) is 0.438. The molecule has 0 aromatic heterocycles. The lowest BCUT2D eigenvalue weighted by Gasteiger charge is -2.48. The van der Waals surface area contributed by atoms with E-state index in [9.17, 15) is 0 Å². The molecule has 67 heavy (non-hydrogen) atoms. The van der Waals surface area contributed by atoms with Crippen LogP contribution in [0.4, 0.5) is 34.1 Å². The Hall–Kier alpha value is -5.02. The monoisotopic (exact) mass is 887 g/mol. The largest absolute Gasteiger partial charge is 0.311 e. The molecule has 0 spiro atoms. The van der Waals surface area contributed by atoms with Crippen LogP contribution in [-0.2, 0) is 37.9 Å². The molecule has 6 aromatic rings. The van der Waals surface area contributed by atoms with Gasteiger partial charge < -0.3 is 9.80 Å². The summed E-state index contributed by atoms with van der Waals surface area (Å²) < 4.78 is 0. The minimum Gasteiger partial charge on any atom is -0.311 e. The van der Waals surface area contributed by atoms with Crippen LogP contribution in [0.25, 0.3) is 11.1 Å². The molecule has 0 amide bonds. The normalized spacial score (nSPS) is 16.6. The van der Waals surface area contributed by atoms with Crippen LogP contribution in [0.2, 0.25) is 0 Å². The highest BCUT2D eigenvalue weighted by Crippen LogP contribution is 2.53. The first-order valence-corrected chi connectivity index (χ1v) is 25.3. The average Bonchev–Trinajstić information content (AvgIpc) is 3.23. The molecule has 2 heterocycles. The van der Waals surface area contributed by atoms with Crippen molar-refractivity contribution in [1.29, 1.82) is 0 Å². The zero-order valence-corrected chi connectivity index (χ0v) is 44.8. The summed E-state index contributed by atoms with van der Waals surface area (Å²) in [5.74, 6) is 0. The molecule has 0 saturated heterocycles. The lowest BCUT2D eigenvalue weighted by molar-refractivity contribution is 0.332. The predicted octanol–water partition coefficient (Wildman–Crippen LogP) is 16.3. The molecule has 3 heteroatoms. The SMILES string of the molecule is CC(C)(C)c1ccc(-c2cc(C(C)(C)C)ccc2N2c3cc4c(cc3B3c5ccc(C(C)(C)C)cc5N(c5cccc(C(C)(C)C)c5)c5cc(C(C)(C)C)cc2c53)C(C)(C)CCC4(C)C)cc1. The van der Waals surface area contributed by atoms with Crippen molar-refractivity contribution in [3.63, 3.8) is 0 Å². The van der Waals surface area contributed by atoms with Gasteiger partial charge in [0.15, 0.2) is 0 Å². The summed E-state index contributed by atoms with van der Waals surface area (Å²) in [5.41, 5.74) is 24.0. The Morgan fingerprint density at radius 3 is 1.42 bits per heavy atom. The molecule has 0 N–H and O–H groups in total. The van der Waals surface area contributed by atoms with E-state index >= 15 is 0 Å². The molecule has 0 bridgehead atoms. The smallest absolute Gasteiger partial charge is 0.252 e. The molecule has 348 valence electrons. The Morgan fingerprint density at radius 1 is 0.388 bits per heavy atom. The predicted molar refractivity (Wildman–Crippen MR) is 295 cm³/mol. The van der Waals surface area contributed by atoms with Gasteiger partial charge in [0, 0.05) is 34.0 Å². The molecule has 1 aliphatic carbocycles. The Morgan fingerprint density at radius 2 is 0.851 bits per heavy atom. The van der Waals surface area contributed by atoms with Crippen LogP contribution < -0.4 is 26.2 Å². The zero-order chi connectivity index (χ0) is 48.8. The molecule has 0 radical (unpaired) electrons. The Bertz CT molecular complexity index is 2930. The highest BCUT2D eigenvalue weighted by Gasteiger charge is 2.47. The first kappa shape index (κ1) is 47.1. The minimum atomic E-state index is -0.122. The standard InChI is InChI=1S/C64H79BN2/c1-58(2,3)41-25-23-40(24-26-41)47-34-43(60(7,8)9)28-30-52(47)67-54-39-49-48(63(16,17)31-32-64(49,18)19)38-51(54)65-50-29-27-44(61(10,11)12)35-53(50)66(46-22-20-21-42(33-46)59(4,5)6)55-36-45(62(13,14)15)37-56(67)57(55)65/h20-30,33-39H,31-32H2,1-19H3. The van der Waals surface area contributed by atoms with E-state index in [0.717, 1.165) is 6.42 Å². The lowest BCUT2D eigenvalue weighted by atomic mass is 9.33. The van der Waals surface area contributed by atoms with Crippen LogP contribution in [0.1, 0.15) is 183 Å². The van der Waals surface area contributed by atoms with E-state index in [0.29, 0.717) is 0 Å². The van der Waals surface area contributed by atoms with E-state index in [4.69, 9.17) is 0 Å². The third kappa shape index (κ3) is 8.09. The van der Waals surface area contributed by atoms with Gasteiger partial charge in [-0.1, -0.05) is 192 Å². The Labute approximate surface area is 406 Å². The number of hydrogen-bond acceptors (Lipinski definition) is 2. The summed E-state index contributed by atoms with van der Waals surface area (Å²) in [4.78, 5) is 5.36. The highest BCUT2D eigenvalue weighted by molar-refractivity contribution is 7.00. The molecule has 6 aromatic carbocycles. The van der Waals surface area contributed by atoms with Crippen LogP contribution in [0.3, 0.4) is 0 Å². The number of benzene rings is 6. The van der Waals surface area contributed by atoms with Gasteiger partial charge >= 0.3 is 0 Å². The minimum absolute atomic E-state index is 0.00673. The van der Waals surface area contributed by atoms with E-state index in [2.05, 4.69) is 251 Å². The number of anilines is 6. The summed E-state index contributed by atoms with van der Waals surface area (Å²) >= 11 is 0. The molecule has 3 aliphatic rings. The molecule has 9 rings (SSSR count). The molecular weight excluding hydrogens is 808 g/mol. The second kappa shape index (κ2) is 15.2. The van der Waals surface area contributed by atoms with E-state index in [1.54, 1.807) is 0 Å². The Kier molecular flexibility index (Phi) is 10.7. The third-order valence-corrected chi connectivity index (χ3v) is 15.9. The lowest BCUT2D eigenvalue weighted by Crippen LogP contribution is -2.62. The van der Waals surface area contributed by atoms with Crippen LogP contribution in [0, 0.1) is 0 Å². The average molecular weight is 887 g/mol. The number of nitrogens with zero attached hydrogens (tertiary/aromatic N) is 2. The molecule has 0 atom stereocenters. The maximum Gasteiger partial charge on any atom is 0.252 e. The molecule has 0 fully saturated rings. The Balaban J connectivity index is 1.46. The molecule has 0 unspecified atom stereocenters. The molecule has 2 nitrogen and oxygen atoms in total. The van der Waals surface area contributed by atoms with Crippen LogP contribution in [0.15, 0.2) is 109 Å². The third-order valence-electron chi connectivity index (χ3n) is 15.9. The summed E-state index contributed by atoms with van der Waals surface area (Å²) in [6, 6.07) is 44.2. The number of hydrogen-bond donors (Lipinski definition) is 0. The summed E-state index contributed by atoms with van der Waals surface area (Å²) in [7, 11) is 0. The van der Waals surface area contributed by atoms with E-state index in [1.165, 1.54) is 107 Å². The fourth-order valence-corrected chi connectivity index (χ4v) is 11.2. The van der Waals surface area contributed by atoms with E-state index < -0.39 is 0 Å². The van der Waals surface area contributed by atoms with Gasteiger partial charge in [-0.15, -0.1) is 0 Å². The van der Waals surface area contributed by atoms with Crippen molar-refractivity contribution in [3.8, 4) is 11.1 Å². The van der Waals surface area contributed by atoms with Crippen molar-refractivity contribution in [1.82, 2.24) is 0 Å². The van der Waals surface area contributed by atoms with Crippen LogP contribution >= 0.6 is 0 Å². The molecular formula is C64H79BN2. The maximum absolute atomic E-state index is 2.72. The van der Waals surface area contributed by atoms with Crippen molar-refractivity contribution in [2.75, 3.05) is 9.80 Å². The van der Waals surface area contributed by atoms with Gasteiger partial charge in [-0.2, -0.15) is 0 Å². The summed E-state index contributed by atoms with van der Waals surface area (Å²) in [5, 5.41) is 0. The molecule has 2 aliphatic heterocycles. The van der Waals surface area contributed by atoms with Crippen LogP contribution in [-0.4, -0.2) is 6.71 Å². The van der Waals surface area contributed by atoms with E-state index in [-0.39, 0.29) is 44.6 Å². The number of fused-ring (bicyclic) bond motifs is 5. The van der Waals surface area contributed by atoms with Gasteiger partial charge in [-0.05, 0) is 160 Å². The van der Waals surface area contributed by atoms with Gasteiger partial charge in [0.05, 0.1) is 5.69 Å². The number of rotatable bonds is 3. The zero-order valence-electron chi connectivity index (χ0n) is 44.8. The second-order valence-electron chi connectivity index (χ2n) is 27.1. The first-order chi connectivity index (χ1) is 30.9. The van der Waals surface area contributed by atoms with Crippen molar-refractivity contribution < 1.29 is 0 Å². The van der Waals surface area contributed by atoms with Gasteiger partial charge in [-0.3, -0.25) is 0 Å². The van der Waals surface area contributed by atoms with Gasteiger partial charge in [0.2, 0.25) is 0 Å². The van der Waals surface area contributed by atoms with Crippen molar-refractivity contribution in [3.05, 3.63) is 148 Å². The summed E-state index contributed by atoms with van der Waals surface area (Å²) in [6.07, 6.45) is 2.33. The van der Waals surface area contributed by atoms with Crippen molar-refractivity contribution in [2.45, 2.75) is 182 Å². The van der Waals surface area contributed by atoms with Crippen molar-refractivity contribution >= 4 is 57.2 Å². The van der Waals surface area contributed by atoms with Crippen LogP contribution in [0.5, 0.6) is 0 Å². The first-order valence-electron chi connectivity index (χ1n) is 25.3. The van der Waals surface area contributed by atoms with Gasteiger partial charge in [0.25, 0.3) is 6.71 Å².